The molecule has 102 valence electrons. The third-order valence-electron chi connectivity index (χ3n) is 2.12. The number of carboxylic acids is 1. The molecule has 9 heteroatoms. The molecule has 0 aromatic carbocycles. The van der Waals surface area contributed by atoms with E-state index in [9.17, 15) is 13.2 Å². The molecule has 0 saturated heterocycles. The molecule has 0 amide bonds. The minimum Gasteiger partial charge on any atom is -0.478 e. The van der Waals surface area contributed by atoms with Crippen molar-refractivity contribution in [2.24, 2.45) is 0 Å². The van der Waals surface area contributed by atoms with Gasteiger partial charge in [-0.25, -0.2) is 13.2 Å². The Labute approximate surface area is 108 Å². The van der Waals surface area contributed by atoms with Crippen LogP contribution in [0.1, 0.15) is 10.4 Å². The Balaban J connectivity index is 3.05. The van der Waals surface area contributed by atoms with Crippen LogP contribution in [0.4, 0.5) is 0 Å². The van der Waals surface area contributed by atoms with Crippen molar-refractivity contribution in [2.45, 2.75) is 4.21 Å². The average molecular weight is 295 g/mol. The topological polar surface area (TPSA) is 115 Å². The number of aromatic carboxylic acids is 1. The molecular weight excluding hydrogens is 282 g/mol. The van der Waals surface area contributed by atoms with Crippen LogP contribution in [0.5, 0.6) is 0 Å². The van der Waals surface area contributed by atoms with Gasteiger partial charge in [-0.3, -0.25) is 0 Å². The fourth-order valence-electron chi connectivity index (χ4n) is 1.27. The van der Waals surface area contributed by atoms with E-state index in [0.717, 1.165) is 21.7 Å². The molecule has 0 unspecified atom stereocenters. The summed E-state index contributed by atoms with van der Waals surface area (Å²) >= 11 is 0.791. The van der Waals surface area contributed by atoms with Gasteiger partial charge in [-0.1, -0.05) is 0 Å². The summed E-state index contributed by atoms with van der Waals surface area (Å²) < 4.78 is 24.9. The number of hydrogen-bond donors (Lipinski definition) is 3. The van der Waals surface area contributed by atoms with Crippen LogP contribution < -0.4 is 0 Å². The Kier molecular flexibility index (Phi) is 5.23. The molecule has 0 atom stereocenters. The van der Waals surface area contributed by atoms with Crippen molar-refractivity contribution >= 4 is 27.3 Å². The summed E-state index contributed by atoms with van der Waals surface area (Å²) in [5.74, 6) is -1.21. The Morgan fingerprint density at radius 3 is 2.22 bits per heavy atom. The van der Waals surface area contributed by atoms with Gasteiger partial charge >= 0.3 is 5.97 Å². The van der Waals surface area contributed by atoms with Crippen LogP contribution in [0.2, 0.25) is 0 Å². The molecule has 1 rings (SSSR count). The number of carboxylic acid groups (broad SMARTS) is 1. The minimum absolute atomic E-state index is 0.105. The Morgan fingerprint density at radius 1 is 1.28 bits per heavy atom. The van der Waals surface area contributed by atoms with E-state index >= 15 is 0 Å². The largest absolute Gasteiger partial charge is 0.478 e. The van der Waals surface area contributed by atoms with Crippen LogP contribution in [0.3, 0.4) is 0 Å². The highest BCUT2D eigenvalue weighted by atomic mass is 32.2. The van der Waals surface area contributed by atoms with Crippen LogP contribution in [0, 0.1) is 0 Å². The predicted octanol–water partition coefficient (Wildman–Crippen LogP) is -0.578. The number of carbonyl (C=O) groups is 1. The van der Waals surface area contributed by atoms with Crippen LogP contribution >= 0.6 is 11.3 Å². The standard InChI is InChI=1S/C9H13NO6S2/c11-3-1-10(2-4-12)18(15,16)8-5-7(6-17-8)9(13)14/h5-6,11-12H,1-4H2,(H,13,14). The Morgan fingerprint density at radius 2 is 1.83 bits per heavy atom. The second kappa shape index (κ2) is 6.25. The molecule has 0 spiro atoms. The fourth-order valence-corrected chi connectivity index (χ4v) is 3.99. The van der Waals surface area contributed by atoms with Gasteiger partial charge in [0.05, 0.1) is 18.8 Å². The maximum Gasteiger partial charge on any atom is 0.336 e. The van der Waals surface area contributed by atoms with E-state index in [4.69, 9.17) is 15.3 Å². The van der Waals surface area contributed by atoms with Gasteiger partial charge in [-0.15, -0.1) is 11.3 Å². The smallest absolute Gasteiger partial charge is 0.336 e. The van der Waals surface area contributed by atoms with E-state index in [1.807, 2.05) is 0 Å². The average Bonchev–Trinajstić information content (AvgIpc) is 2.78. The lowest BCUT2D eigenvalue weighted by atomic mass is 10.4. The first-order chi connectivity index (χ1) is 8.43. The Bertz CT molecular complexity index is 503. The summed E-state index contributed by atoms with van der Waals surface area (Å²) in [6.45, 7) is -1.06. The third kappa shape index (κ3) is 3.27. The highest BCUT2D eigenvalue weighted by Crippen LogP contribution is 2.23. The van der Waals surface area contributed by atoms with Crippen LogP contribution in [-0.2, 0) is 10.0 Å². The van der Waals surface area contributed by atoms with Crippen molar-refractivity contribution in [2.75, 3.05) is 26.3 Å². The quantitative estimate of drug-likeness (QED) is 0.620. The molecule has 1 aromatic heterocycles. The number of sulfonamides is 1. The van der Waals surface area contributed by atoms with E-state index in [1.54, 1.807) is 0 Å². The summed E-state index contributed by atoms with van der Waals surface area (Å²) in [6, 6.07) is 1.06. The number of aliphatic hydroxyl groups is 2. The van der Waals surface area contributed by atoms with Gasteiger partial charge in [0.2, 0.25) is 0 Å². The van der Waals surface area contributed by atoms with Crippen LogP contribution in [0.25, 0.3) is 0 Å². The van der Waals surface area contributed by atoms with E-state index in [0.29, 0.717) is 0 Å². The molecule has 0 aliphatic heterocycles. The van der Waals surface area contributed by atoms with Crippen molar-refractivity contribution in [3.05, 3.63) is 17.0 Å². The molecule has 0 bridgehead atoms. The van der Waals surface area contributed by atoms with E-state index in [-0.39, 0.29) is 36.1 Å². The van der Waals surface area contributed by atoms with Crippen molar-refractivity contribution in [3.63, 3.8) is 0 Å². The number of rotatable bonds is 7. The molecule has 0 radical (unpaired) electrons. The van der Waals surface area contributed by atoms with Crippen LogP contribution in [-0.4, -0.2) is 60.3 Å². The summed E-state index contributed by atoms with van der Waals surface area (Å²) in [5.41, 5.74) is -0.105. The minimum atomic E-state index is -3.87. The lowest BCUT2D eigenvalue weighted by molar-refractivity contribution is 0.0697. The van der Waals surface area contributed by atoms with Gasteiger partial charge in [0.15, 0.2) is 0 Å². The first-order valence-corrected chi connectivity index (χ1v) is 7.29. The molecule has 0 fully saturated rings. The zero-order valence-corrected chi connectivity index (χ0v) is 10.9. The number of thiophene rings is 1. The summed E-state index contributed by atoms with van der Waals surface area (Å²) in [5, 5.41) is 27.5. The first-order valence-electron chi connectivity index (χ1n) is 4.97. The maximum absolute atomic E-state index is 12.1. The number of nitrogens with zero attached hydrogens (tertiary/aromatic N) is 1. The SMILES string of the molecule is O=C(O)c1csc(S(=O)(=O)N(CCO)CCO)c1. The molecule has 1 heterocycles. The second-order valence-electron chi connectivity index (χ2n) is 3.31. The zero-order valence-electron chi connectivity index (χ0n) is 9.31. The summed E-state index contributed by atoms with van der Waals surface area (Å²) in [7, 11) is -3.87. The van der Waals surface area contributed by atoms with Gasteiger partial charge in [-0.05, 0) is 6.07 Å². The third-order valence-corrected chi connectivity index (χ3v) is 5.43. The van der Waals surface area contributed by atoms with Gasteiger partial charge < -0.3 is 15.3 Å². The molecule has 7 nitrogen and oxygen atoms in total. The van der Waals surface area contributed by atoms with Gasteiger partial charge in [0.1, 0.15) is 4.21 Å². The van der Waals surface area contributed by atoms with Gasteiger partial charge in [-0.2, -0.15) is 4.31 Å². The van der Waals surface area contributed by atoms with E-state index in [1.165, 1.54) is 5.38 Å². The molecule has 0 aliphatic rings. The molecular formula is C9H13NO6S2. The monoisotopic (exact) mass is 295 g/mol. The summed E-state index contributed by atoms with van der Waals surface area (Å²) in [6.07, 6.45) is 0. The van der Waals surface area contributed by atoms with Gasteiger partial charge in [0.25, 0.3) is 10.0 Å². The molecule has 18 heavy (non-hydrogen) atoms. The Hall–Kier alpha value is -1.00. The fraction of sp³-hybridized carbons (Fsp3) is 0.444. The highest BCUT2D eigenvalue weighted by molar-refractivity contribution is 7.91. The van der Waals surface area contributed by atoms with Crippen molar-refractivity contribution in [1.29, 1.82) is 0 Å². The number of hydrogen-bond acceptors (Lipinski definition) is 6. The second-order valence-corrected chi connectivity index (χ2v) is 6.39. The highest BCUT2D eigenvalue weighted by Gasteiger charge is 2.26. The van der Waals surface area contributed by atoms with Crippen molar-refractivity contribution in [3.8, 4) is 0 Å². The predicted molar refractivity (Wildman–Crippen MR) is 64.2 cm³/mol. The molecule has 3 N–H and O–H groups in total. The van der Waals surface area contributed by atoms with Crippen molar-refractivity contribution < 1.29 is 28.5 Å². The number of aliphatic hydroxyl groups excluding tert-OH is 2. The van der Waals surface area contributed by atoms with Crippen molar-refractivity contribution in [1.82, 2.24) is 4.31 Å². The molecule has 0 aliphatic carbocycles. The van der Waals surface area contributed by atoms with Crippen LogP contribution in [0.15, 0.2) is 15.7 Å². The lowest BCUT2D eigenvalue weighted by Crippen LogP contribution is -2.35. The van der Waals surface area contributed by atoms with E-state index < -0.39 is 16.0 Å². The first kappa shape index (κ1) is 15.1. The van der Waals surface area contributed by atoms with Gasteiger partial charge in [0, 0.05) is 18.5 Å². The normalized spacial score (nSPS) is 11.9. The molecule has 1 aromatic rings. The molecule has 0 saturated carbocycles. The lowest BCUT2D eigenvalue weighted by Gasteiger charge is -2.18. The van der Waals surface area contributed by atoms with E-state index in [2.05, 4.69) is 0 Å². The zero-order chi connectivity index (χ0) is 13.8. The summed E-state index contributed by atoms with van der Waals surface area (Å²) in [4.78, 5) is 10.7. The maximum atomic E-state index is 12.1.